The molecule has 0 bridgehead atoms. The van der Waals surface area contributed by atoms with E-state index in [-0.39, 0.29) is 12.5 Å². The minimum atomic E-state index is -0.869. The van der Waals surface area contributed by atoms with Gasteiger partial charge in [0.2, 0.25) is 0 Å². The van der Waals surface area contributed by atoms with Crippen LogP contribution in [0.2, 0.25) is 0 Å². The van der Waals surface area contributed by atoms with Gasteiger partial charge in [-0.15, -0.1) is 0 Å². The smallest absolute Gasteiger partial charge is 0.317 e. The Morgan fingerprint density at radius 1 is 1.19 bits per heavy atom. The summed E-state index contributed by atoms with van der Waals surface area (Å²) < 4.78 is 0. The first kappa shape index (κ1) is 17.0. The number of nitrogens with zero attached hydrogens (tertiary/aromatic N) is 1. The van der Waals surface area contributed by atoms with Gasteiger partial charge in [0.15, 0.2) is 0 Å². The molecule has 0 aromatic heterocycles. The maximum atomic E-state index is 12.1. The van der Waals surface area contributed by atoms with Crippen LogP contribution in [0.1, 0.15) is 37.8 Å². The molecule has 0 fully saturated rings. The quantitative estimate of drug-likeness (QED) is 0.774. The average molecular weight is 292 g/mol. The van der Waals surface area contributed by atoms with Crippen LogP contribution in [0, 0.1) is 0 Å². The summed E-state index contributed by atoms with van der Waals surface area (Å²) >= 11 is 0. The monoisotopic (exact) mass is 292 g/mol. The van der Waals surface area contributed by atoms with Gasteiger partial charge in [-0.2, -0.15) is 0 Å². The van der Waals surface area contributed by atoms with Gasteiger partial charge in [0, 0.05) is 19.6 Å². The minimum absolute atomic E-state index is 0.0284. The Balaban J connectivity index is 2.61. The maximum Gasteiger partial charge on any atom is 0.317 e. The largest absolute Gasteiger partial charge is 0.481 e. The number of aliphatic carboxylic acids is 1. The zero-order valence-corrected chi connectivity index (χ0v) is 12.8. The Kier molecular flexibility index (Phi) is 7.29. The van der Waals surface area contributed by atoms with Crippen LogP contribution >= 0.6 is 0 Å². The highest BCUT2D eigenvalue weighted by Crippen LogP contribution is 2.09. The summed E-state index contributed by atoms with van der Waals surface area (Å²) in [5, 5.41) is 11.8. The van der Waals surface area contributed by atoms with E-state index in [9.17, 15) is 9.59 Å². The van der Waals surface area contributed by atoms with Gasteiger partial charge in [0.25, 0.3) is 0 Å². The zero-order chi connectivity index (χ0) is 15.7. The molecule has 21 heavy (non-hydrogen) atoms. The first-order valence-electron chi connectivity index (χ1n) is 7.39. The van der Waals surface area contributed by atoms with E-state index in [0.717, 1.165) is 30.5 Å². The molecule has 1 aromatic carbocycles. The Hall–Kier alpha value is -2.04. The van der Waals surface area contributed by atoms with Gasteiger partial charge >= 0.3 is 12.0 Å². The first-order chi connectivity index (χ1) is 10.1. The molecular weight excluding hydrogens is 268 g/mol. The Morgan fingerprint density at radius 2 is 1.86 bits per heavy atom. The van der Waals surface area contributed by atoms with Crippen molar-refractivity contribution in [2.24, 2.45) is 0 Å². The fourth-order valence-corrected chi connectivity index (χ4v) is 2.10. The summed E-state index contributed by atoms with van der Waals surface area (Å²) in [6.07, 6.45) is 2.00. The molecule has 5 nitrogen and oxygen atoms in total. The van der Waals surface area contributed by atoms with Crippen molar-refractivity contribution < 1.29 is 14.7 Å². The van der Waals surface area contributed by atoms with Crippen LogP contribution in [-0.4, -0.2) is 35.1 Å². The van der Waals surface area contributed by atoms with E-state index in [1.807, 2.05) is 25.1 Å². The number of carbonyl (C=O) groups excluding carboxylic acids is 1. The number of nitrogens with one attached hydrogen (secondary N) is 1. The van der Waals surface area contributed by atoms with Gasteiger partial charge < -0.3 is 15.3 Å². The number of carbonyl (C=O) groups is 2. The lowest BCUT2D eigenvalue weighted by atomic mass is 10.0. The molecule has 0 aliphatic rings. The second kappa shape index (κ2) is 9.00. The summed E-state index contributed by atoms with van der Waals surface area (Å²) in [6.45, 7) is 5.81. The maximum absolute atomic E-state index is 12.1. The number of urea groups is 1. The van der Waals surface area contributed by atoms with Crippen molar-refractivity contribution in [1.29, 1.82) is 0 Å². The van der Waals surface area contributed by atoms with Crippen LogP contribution in [0.3, 0.4) is 0 Å². The van der Waals surface area contributed by atoms with Crippen molar-refractivity contribution >= 4 is 12.0 Å². The summed E-state index contributed by atoms with van der Waals surface area (Å²) in [4.78, 5) is 24.7. The zero-order valence-electron chi connectivity index (χ0n) is 12.8. The van der Waals surface area contributed by atoms with Crippen molar-refractivity contribution in [3.8, 4) is 0 Å². The number of amides is 2. The van der Waals surface area contributed by atoms with Gasteiger partial charge in [-0.05, 0) is 24.5 Å². The Morgan fingerprint density at radius 3 is 2.43 bits per heavy atom. The van der Waals surface area contributed by atoms with E-state index in [1.165, 1.54) is 0 Å². The third-order valence-corrected chi connectivity index (χ3v) is 3.34. The van der Waals surface area contributed by atoms with Gasteiger partial charge in [-0.1, -0.05) is 37.6 Å². The van der Waals surface area contributed by atoms with Crippen LogP contribution in [-0.2, 0) is 17.8 Å². The van der Waals surface area contributed by atoms with Crippen molar-refractivity contribution in [2.45, 2.75) is 39.7 Å². The number of hydrogen-bond donors (Lipinski definition) is 2. The molecule has 0 radical (unpaired) electrons. The van der Waals surface area contributed by atoms with Crippen LogP contribution in [0.4, 0.5) is 4.79 Å². The van der Waals surface area contributed by atoms with Crippen LogP contribution in [0.25, 0.3) is 0 Å². The first-order valence-corrected chi connectivity index (χ1v) is 7.39. The normalized spacial score (nSPS) is 10.2. The lowest BCUT2D eigenvalue weighted by Gasteiger charge is -2.21. The highest BCUT2D eigenvalue weighted by molar-refractivity contribution is 5.74. The standard InChI is InChI=1S/C16H24N2O3/c1-3-5-10-18(4-2)16(21)17-12-14-9-7-6-8-13(14)11-15(19)20/h6-9H,3-5,10-12H2,1-2H3,(H,17,21)(H,19,20). The van der Waals surface area contributed by atoms with E-state index in [2.05, 4.69) is 12.2 Å². The van der Waals surface area contributed by atoms with E-state index >= 15 is 0 Å². The van der Waals surface area contributed by atoms with Gasteiger partial charge in [0.05, 0.1) is 6.42 Å². The predicted molar refractivity (Wildman–Crippen MR) is 82.2 cm³/mol. The van der Waals surface area contributed by atoms with Crippen LogP contribution in [0.5, 0.6) is 0 Å². The number of unbranched alkanes of at least 4 members (excludes halogenated alkanes) is 1. The number of hydrogen-bond acceptors (Lipinski definition) is 2. The van der Waals surface area contributed by atoms with E-state index in [0.29, 0.717) is 13.1 Å². The summed E-state index contributed by atoms with van der Waals surface area (Å²) in [7, 11) is 0. The highest BCUT2D eigenvalue weighted by atomic mass is 16.4. The van der Waals surface area contributed by atoms with Crippen molar-refractivity contribution in [3.63, 3.8) is 0 Å². The second-order valence-corrected chi connectivity index (χ2v) is 4.93. The topological polar surface area (TPSA) is 69.6 Å². The Bertz CT molecular complexity index is 474. The van der Waals surface area contributed by atoms with Gasteiger partial charge in [0.1, 0.15) is 0 Å². The predicted octanol–water partition coefficient (Wildman–Crippen LogP) is 2.65. The van der Waals surface area contributed by atoms with E-state index in [4.69, 9.17) is 5.11 Å². The van der Waals surface area contributed by atoms with E-state index in [1.54, 1.807) is 11.0 Å². The SMILES string of the molecule is CCCCN(CC)C(=O)NCc1ccccc1CC(=O)O. The number of carboxylic acid groups (broad SMARTS) is 1. The fourth-order valence-electron chi connectivity index (χ4n) is 2.10. The molecular formula is C16H24N2O3. The molecule has 0 aliphatic carbocycles. The van der Waals surface area contributed by atoms with E-state index < -0.39 is 5.97 Å². The molecule has 116 valence electrons. The van der Waals surface area contributed by atoms with Gasteiger partial charge in [-0.25, -0.2) is 4.79 Å². The van der Waals surface area contributed by atoms with Crippen molar-refractivity contribution in [1.82, 2.24) is 10.2 Å². The molecule has 0 aliphatic heterocycles. The fraction of sp³-hybridized carbons (Fsp3) is 0.500. The molecule has 1 aromatic rings. The molecule has 0 saturated heterocycles. The Labute approximate surface area is 126 Å². The number of rotatable bonds is 8. The molecule has 5 heteroatoms. The average Bonchev–Trinajstić information content (AvgIpc) is 2.46. The van der Waals surface area contributed by atoms with Gasteiger partial charge in [-0.3, -0.25) is 4.79 Å². The number of carboxylic acids is 1. The van der Waals surface area contributed by atoms with Crippen LogP contribution in [0.15, 0.2) is 24.3 Å². The number of benzene rings is 1. The molecule has 0 heterocycles. The molecule has 0 spiro atoms. The second-order valence-electron chi connectivity index (χ2n) is 4.93. The minimum Gasteiger partial charge on any atom is -0.481 e. The lowest BCUT2D eigenvalue weighted by Crippen LogP contribution is -2.40. The molecule has 2 N–H and O–H groups in total. The van der Waals surface area contributed by atoms with Crippen molar-refractivity contribution in [2.75, 3.05) is 13.1 Å². The third kappa shape index (κ3) is 5.85. The van der Waals surface area contributed by atoms with Crippen molar-refractivity contribution in [3.05, 3.63) is 35.4 Å². The molecule has 0 atom stereocenters. The summed E-state index contributed by atoms with van der Waals surface area (Å²) in [6, 6.07) is 7.19. The summed E-state index contributed by atoms with van der Waals surface area (Å²) in [5.41, 5.74) is 1.58. The molecule has 0 saturated carbocycles. The summed E-state index contributed by atoms with van der Waals surface area (Å²) in [5.74, 6) is -0.869. The third-order valence-electron chi connectivity index (χ3n) is 3.34. The molecule has 2 amide bonds. The molecule has 1 rings (SSSR count). The highest BCUT2D eigenvalue weighted by Gasteiger charge is 2.12. The molecule has 0 unspecified atom stereocenters. The lowest BCUT2D eigenvalue weighted by molar-refractivity contribution is -0.136. The van der Waals surface area contributed by atoms with Crippen LogP contribution < -0.4 is 5.32 Å².